The summed E-state index contributed by atoms with van der Waals surface area (Å²) in [5, 5.41) is 3.81. The Morgan fingerprint density at radius 1 is 1.50 bits per heavy atom. The van der Waals surface area contributed by atoms with Gasteiger partial charge >= 0.3 is 0 Å². The second-order valence-electron chi connectivity index (χ2n) is 3.04. The third kappa shape index (κ3) is 2.25. The first-order valence-corrected chi connectivity index (χ1v) is 5.84. The molecule has 0 aromatic carbocycles. The predicted octanol–water partition coefficient (Wildman–Crippen LogP) is 1.13. The molecular weight excluding hydrogens is 226 g/mol. The highest BCUT2D eigenvalue weighted by Gasteiger charge is 2.09. The molecule has 2 heterocycles. The molecule has 0 bridgehead atoms. The van der Waals surface area contributed by atoms with E-state index in [1.54, 1.807) is 32.2 Å². The smallest absolute Gasteiger partial charge is 0.225 e. The lowest BCUT2D eigenvalue weighted by molar-refractivity contribution is 0.218. The van der Waals surface area contributed by atoms with E-state index >= 15 is 0 Å². The first-order valence-electron chi connectivity index (χ1n) is 4.85. The fourth-order valence-corrected chi connectivity index (χ4v) is 2.13. The van der Waals surface area contributed by atoms with Crippen LogP contribution in [0.1, 0.15) is 0 Å². The van der Waals surface area contributed by atoms with Crippen LogP contribution < -0.4 is 5.32 Å². The summed E-state index contributed by atoms with van der Waals surface area (Å²) >= 11 is 1.62. The lowest BCUT2D eigenvalue weighted by atomic mass is 10.5. The van der Waals surface area contributed by atoms with Crippen molar-refractivity contribution in [1.82, 2.24) is 19.9 Å². The monoisotopic (exact) mass is 239 g/mol. The zero-order valence-corrected chi connectivity index (χ0v) is 9.97. The quantitative estimate of drug-likeness (QED) is 0.463. The van der Waals surface area contributed by atoms with Gasteiger partial charge in [0.25, 0.3) is 0 Å². The van der Waals surface area contributed by atoms with E-state index in [1.807, 2.05) is 0 Å². The number of aromatic amines is 1. The minimum Gasteiger partial charge on any atom is -0.384 e. The molecule has 0 saturated carbocycles. The average molecular weight is 239 g/mol. The van der Waals surface area contributed by atoms with Crippen molar-refractivity contribution in [2.75, 3.05) is 31.8 Å². The van der Waals surface area contributed by atoms with Crippen molar-refractivity contribution < 1.29 is 4.74 Å². The molecule has 0 atom stereocenters. The Morgan fingerprint density at radius 2 is 2.38 bits per heavy atom. The average Bonchev–Trinajstić information content (AvgIpc) is 2.77. The topological polar surface area (TPSA) is 75.7 Å². The number of hydrogen-bond acceptors (Lipinski definition) is 6. The predicted molar refractivity (Wildman–Crippen MR) is 63.8 cm³/mol. The van der Waals surface area contributed by atoms with Crippen LogP contribution in [0.4, 0.5) is 5.95 Å². The number of H-pyrrole nitrogens is 1. The van der Waals surface area contributed by atoms with Gasteiger partial charge in [0, 0.05) is 19.9 Å². The lowest BCUT2D eigenvalue weighted by Gasteiger charge is -2.04. The maximum Gasteiger partial charge on any atom is 0.225 e. The van der Waals surface area contributed by atoms with E-state index in [0.29, 0.717) is 18.2 Å². The van der Waals surface area contributed by atoms with Crippen molar-refractivity contribution in [3.63, 3.8) is 0 Å². The largest absolute Gasteiger partial charge is 0.384 e. The van der Waals surface area contributed by atoms with Crippen molar-refractivity contribution in [3.05, 3.63) is 6.33 Å². The van der Waals surface area contributed by atoms with E-state index in [2.05, 4.69) is 25.3 Å². The summed E-state index contributed by atoms with van der Waals surface area (Å²) < 4.78 is 5.01. The zero-order chi connectivity index (χ0) is 11.4. The molecule has 0 amide bonds. The summed E-state index contributed by atoms with van der Waals surface area (Å²) in [4.78, 5) is 15.8. The molecule has 0 radical (unpaired) electrons. The van der Waals surface area contributed by atoms with E-state index in [-0.39, 0.29) is 0 Å². The first kappa shape index (κ1) is 11.2. The standard InChI is InChI=1S/C9H13N5OS/c1-10-9-13-7-6(11-5-12-7)8(14-9)16-4-3-15-2/h5H,3-4H2,1-2H3,(H2,10,11,12,13,14). The number of hydrogen-bond donors (Lipinski definition) is 2. The van der Waals surface area contributed by atoms with Gasteiger partial charge in [0.15, 0.2) is 5.65 Å². The van der Waals surface area contributed by atoms with Gasteiger partial charge in [-0.05, 0) is 0 Å². The summed E-state index contributed by atoms with van der Waals surface area (Å²) in [7, 11) is 3.47. The molecule has 0 saturated heterocycles. The summed E-state index contributed by atoms with van der Waals surface area (Å²) in [5.74, 6) is 1.43. The van der Waals surface area contributed by atoms with Crippen molar-refractivity contribution in [2.24, 2.45) is 0 Å². The molecule has 2 aromatic heterocycles. The Morgan fingerprint density at radius 3 is 3.12 bits per heavy atom. The van der Waals surface area contributed by atoms with Crippen molar-refractivity contribution in [3.8, 4) is 0 Å². The molecule has 0 unspecified atom stereocenters. The van der Waals surface area contributed by atoms with Crippen LogP contribution in [0.5, 0.6) is 0 Å². The van der Waals surface area contributed by atoms with Gasteiger partial charge in [0.1, 0.15) is 10.5 Å². The number of thioether (sulfide) groups is 1. The molecule has 0 spiro atoms. The second kappa shape index (κ2) is 5.13. The maximum absolute atomic E-state index is 5.01. The third-order valence-corrected chi connectivity index (χ3v) is 2.94. The molecule has 0 aliphatic rings. The molecule has 2 rings (SSSR count). The molecule has 2 aromatic rings. The lowest BCUT2D eigenvalue weighted by Crippen LogP contribution is -1.99. The Balaban J connectivity index is 2.29. The van der Waals surface area contributed by atoms with Gasteiger partial charge in [-0.25, -0.2) is 9.97 Å². The molecular formula is C9H13N5OS. The Kier molecular flexibility index (Phi) is 3.58. The number of aromatic nitrogens is 4. The molecule has 0 fully saturated rings. The van der Waals surface area contributed by atoms with Crippen LogP contribution in [0.25, 0.3) is 11.2 Å². The van der Waals surface area contributed by atoms with Crippen LogP contribution >= 0.6 is 11.8 Å². The van der Waals surface area contributed by atoms with Gasteiger partial charge in [0.2, 0.25) is 5.95 Å². The maximum atomic E-state index is 5.01. The number of anilines is 1. The van der Waals surface area contributed by atoms with Crippen LogP contribution in [0.15, 0.2) is 11.4 Å². The van der Waals surface area contributed by atoms with E-state index in [0.717, 1.165) is 16.3 Å². The van der Waals surface area contributed by atoms with Crippen molar-refractivity contribution in [1.29, 1.82) is 0 Å². The van der Waals surface area contributed by atoms with E-state index in [9.17, 15) is 0 Å². The minimum atomic E-state index is 0.583. The molecule has 7 heteroatoms. The number of nitrogens with one attached hydrogen (secondary N) is 2. The summed E-state index contributed by atoms with van der Waals surface area (Å²) in [6, 6.07) is 0. The van der Waals surface area contributed by atoms with Crippen LogP contribution in [0, 0.1) is 0 Å². The van der Waals surface area contributed by atoms with Crippen LogP contribution in [-0.2, 0) is 4.74 Å². The molecule has 2 N–H and O–H groups in total. The van der Waals surface area contributed by atoms with Gasteiger partial charge in [0.05, 0.1) is 12.9 Å². The highest BCUT2D eigenvalue weighted by molar-refractivity contribution is 7.99. The normalized spacial score (nSPS) is 10.9. The molecule has 6 nitrogen and oxygen atoms in total. The minimum absolute atomic E-state index is 0.583. The number of imidazole rings is 1. The first-order chi connectivity index (χ1) is 7.85. The number of methoxy groups -OCH3 is 1. The fraction of sp³-hybridized carbons (Fsp3) is 0.444. The van der Waals surface area contributed by atoms with Crippen LogP contribution in [-0.4, -0.2) is 46.5 Å². The Labute approximate surface area is 97.2 Å². The van der Waals surface area contributed by atoms with Gasteiger partial charge in [-0.2, -0.15) is 4.98 Å². The summed E-state index contributed by atoms with van der Waals surface area (Å²) in [6.45, 7) is 0.694. The van der Waals surface area contributed by atoms with E-state index in [4.69, 9.17) is 4.74 Å². The molecule has 86 valence electrons. The number of ether oxygens (including phenoxy) is 1. The summed E-state index contributed by atoms with van der Waals surface area (Å²) in [6.07, 6.45) is 1.62. The third-order valence-electron chi connectivity index (χ3n) is 2.00. The molecule has 0 aliphatic carbocycles. The van der Waals surface area contributed by atoms with Gasteiger partial charge < -0.3 is 15.0 Å². The number of fused-ring (bicyclic) bond motifs is 1. The highest BCUT2D eigenvalue weighted by Crippen LogP contribution is 2.23. The van der Waals surface area contributed by atoms with Crippen LogP contribution in [0.2, 0.25) is 0 Å². The highest BCUT2D eigenvalue weighted by atomic mass is 32.2. The zero-order valence-electron chi connectivity index (χ0n) is 9.15. The van der Waals surface area contributed by atoms with Crippen LogP contribution in [0.3, 0.4) is 0 Å². The fourth-order valence-electron chi connectivity index (χ4n) is 1.24. The van der Waals surface area contributed by atoms with E-state index in [1.165, 1.54) is 0 Å². The van der Waals surface area contributed by atoms with Gasteiger partial charge in [-0.1, -0.05) is 0 Å². The molecule has 16 heavy (non-hydrogen) atoms. The van der Waals surface area contributed by atoms with Crippen molar-refractivity contribution in [2.45, 2.75) is 5.03 Å². The number of rotatable bonds is 5. The summed E-state index contributed by atoms with van der Waals surface area (Å²) in [5.41, 5.74) is 1.55. The van der Waals surface area contributed by atoms with Gasteiger partial charge in [-0.15, -0.1) is 11.8 Å². The van der Waals surface area contributed by atoms with Gasteiger partial charge in [-0.3, -0.25) is 0 Å². The van der Waals surface area contributed by atoms with Crippen molar-refractivity contribution >= 4 is 28.9 Å². The number of nitrogens with zero attached hydrogens (tertiary/aromatic N) is 3. The Bertz CT molecular complexity index is 472. The SMILES string of the molecule is CNc1nc(SCCOC)c2[nH]cnc2n1. The van der Waals surface area contributed by atoms with E-state index < -0.39 is 0 Å². The Hall–Kier alpha value is -1.34. The molecule has 0 aliphatic heterocycles. The second-order valence-corrected chi connectivity index (χ2v) is 4.13.